The van der Waals surface area contributed by atoms with Gasteiger partial charge < -0.3 is 10.4 Å². The number of carbonyl (C=O) groups excluding carboxylic acids is 1. The molecule has 0 spiro atoms. The van der Waals surface area contributed by atoms with Gasteiger partial charge in [0.2, 0.25) is 0 Å². The van der Waals surface area contributed by atoms with Gasteiger partial charge in [0.1, 0.15) is 11.4 Å². The molecule has 0 saturated heterocycles. The number of nitrogens with zero attached hydrogens (tertiary/aromatic N) is 1. The number of nitro groups is 1. The fourth-order valence-electron chi connectivity index (χ4n) is 2.11. The van der Waals surface area contributed by atoms with Gasteiger partial charge in [-0.1, -0.05) is 30.3 Å². The molecular weight excluding hydrogens is 303 g/mol. The lowest BCUT2D eigenvalue weighted by Gasteiger charge is -2.12. The van der Waals surface area contributed by atoms with E-state index in [0.717, 1.165) is 17.7 Å². The summed E-state index contributed by atoms with van der Waals surface area (Å²) in [4.78, 5) is 22.0. The van der Waals surface area contributed by atoms with Crippen molar-refractivity contribution in [2.45, 2.75) is 12.5 Å². The van der Waals surface area contributed by atoms with Crippen LogP contribution in [0.3, 0.4) is 0 Å². The fourth-order valence-corrected chi connectivity index (χ4v) is 2.11. The van der Waals surface area contributed by atoms with E-state index in [4.69, 9.17) is 0 Å². The first-order valence-electron chi connectivity index (χ1n) is 6.91. The lowest BCUT2D eigenvalue weighted by atomic mass is 10.1. The van der Waals surface area contributed by atoms with E-state index < -0.39 is 28.4 Å². The molecule has 0 bridgehead atoms. The van der Waals surface area contributed by atoms with Crippen molar-refractivity contribution < 1.29 is 19.2 Å². The van der Waals surface area contributed by atoms with Crippen molar-refractivity contribution in [2.24, 2.45) is 0 Å². The molecule has 1 unspecified atom stereocenters. The van der Waals surface area contributed by atoms with Gasteiger partial charge in [-0.3, -0.25) is 14.9 Å². The second kappa shape index (κ2) is 7.46. The Morgan fingerprint density at radius 1 is 1.26 bits per heavy atom. The van der Waals surface area contributed by atoms with Gasteiger partial charge in [0.15, 0.2) is 0 Å². The number of nitrogens with one attached hydrogen (secondary N) is 1. The molecule has 2 rings (SSSR count). The summed E-state index contributed by atoms with van der Waals surface area (Å²) in [5.74, 6) is -1.53. The number of rotatable bonds is 6. The maximum absolute atomic E-state index is 13.1. The third kappa shape index (κ3) is 4.58. The quantitative estimate of drug-likeness (QED) is 0.630. The van der Waals surface area contributed by atoms with Crippen LogP contribution in [0.5, 0.6) is 0 Å². The average Bonchev–Trinajstić information content (AvgIpc) is 2.53. The monoisotopic (exact) mass is 318 g/mol. The van der Waals surface area contributed by atoms with E-state index in [2.05, 4.69) is 5.32 Å². The molecule has 0 saturated carbocycles. The summed E-state index contributed by atoms with van der Waals surface area (Å²) in [6, 6.07) is 11.9. The minimum atomic E-state index is -0.833. The smallest absolute Gasteiger partial charge is 0.285 e. The Hall–Kier alpha value is -2.80. The first-order valence-corrected chi connectivity index (χ1v) is 6.91. The lowest BCUT2D eigenvalue weighted by molar-refractivity contribution is -0.385. The normalized spacial score (nSPS) is 11.7. The van der Waals surface area contributed by atoms with Crippen LogP contribution in [0.15, 0.2) is 48.5 Å². The van der Waals surface area contributed by atoms with Crippen LogP contribution in [0, 0.1) is 15.9 Å². The third-order valence-electron chi connectivity index (χ3n) is 3.21. The minimum absolute atomic E-state index is 0.0672. The highest BCUT2D eigenvalue weighted by Gasteiger charge is 2.21. The van der Waals surface area contributed by atoms with Crippen molar-refractivity contribution in [1.29, 1.82) is 0 Å². The predicted molar refractivity (Wildman–Crippen MR) is 81.5 cm³/mol. The second-order valence-electron chi connectivity index (χ2n) is 4.97. The van der Waals surface area contributed by atoms with E-state index in [-0.39, 0.29) is 12.1 Å². The van der Waals surface area contributed by atoms with Crippen molar-refractivity contribution >= 4 is 11.6 Å². The topological polar surface area (TPSA) is 92.5 Å². The van der Waals surface area contributed by atoms with E-state index >= 15 is 0 Å². The zero-order chi connectivity index (χ0) is 16.8. The van der Waals surface area contributed by atoms with E-state index in [9.17, 15) is 24.4 Å². The SMILES string of the molecule is O=C(NCC(O)Cc1ccccc1)c1ccc(F)cc1[N+](=O)[O-]. The Morgan fingerprint density at radius 3 is 2.61 bits per heavy atom. The summed E-state index contributed by atoms with van der Waals surface area (Å²) in [6.07, 6.45) is -0.493. The summed E-state index contributed by atoms with van der Waals surface area (Å²) in [5, 5.41) is 23.2. The Balaban J connectivity index is 1.98. The minimum Gasteiger partial charge on any atom is -0.391 e. The Bertz CT molecular complexity index is 706. The molecule has 0 radical (unpaired) electrons. The van der Waals surface area contributed by atoms with Gasteiger partial charge in [0.05, 0.1) is 17.1 Å². The molecule has 0 fully saturated rings. The molecular formula is C16H15FN2O4. The van der Waals surface area contributed by atoms with Gasteiger partial charge in [-0.05, 0) is 17.7 Å². The van der Waals surface area contributed by atoms with E-state index in [1.54, 1.807) is 0 Å². The largest absolute Gasteiger partial charge is 0.391 e. The molecule has 7 heteroatoms. The maximum atomic E-state index is 13.1. The maximum Gasteiger partial charge on any atom is 0.285 e. The molecule has 2 aromatic carbocycles. The molecule has 0 aromatic heterocycles. The van der Waals surface area contributed by atoms with Gasteiger partial charge in [-0.15, -0.1) is 0 Å². The average molecular weight is 318 g/mol. The molecule has 23 heavy (non-hydrogen) atoms. The zero-order valence-electron chi connectivity index (χ0n) is 12.1. The molecule has 2 N–H and O–H groups in total. The Morgan fingerprint density at radius 2 is 1.96 bits per heavy atom. The van der Waals surface area contributed by atoms with Crippen molar-refractivity contribution in [3.63, 3.8) is 0 Å². The van der Waals surface area contributed by atoms with Crippen LogP contribution in [0.1, 0.15) is 15.9 Å². The van der Waals surface area contributed by atoms with Crippen LogP contribution in [-0.2, 0) is 6.42 Å². The number of amides is 1. The van der Waals surface area contributed by atoms with Crippen LogP contribution in [0.25, 0.3) is 0 Å². The third-order valence-corrected chi connectivity index (χ3v) is 3.21. The fraction of sp³-hybridized carbons (Fsp3) is 0.188. The van der Waals surface area contributed by atoms with Gasteiger partial charge in [-0.25, -0.2) is 4.39 Å². The first-order chi connectivity index (χ1) is 11.0. The Kier molecular flexibility index (Phi) is 5.37. The number of hydrogen-bond acceptors (Lipinski definition) is 4. The van der Waals surface area contributed by atoms with E-state index in [1.807, 2.05) is 30.3 Å². The zero-order valence-corrected chi connectivity index (χ0v) is 12.1. The number of aliphatic hydroxyl groups is 1. The Labute approximate surface area is 131 Å². The molecule has 0 aliphatic heterocycles. The van der Waals surface area contributed by atoms with Crippen molar-refractivity contribution in [1.82, 2.24) is 5.32 Å². The van der Waals surface area contributed by atoms with Crippen molar-refractivity contribution in [2.75, 3.05) is 6.54 Å². The van der Waals surface area contributed by atoms with Crippen molar-refractivity contribution in [3.05, 3.63) is 75.6 Å². The first kappa shape index (κ1) is 16.6. The number of benzene rings is 2. The van der Waals surface area contributed by atoms with E-state index in [1.165, 1.54) is 0 Å². The van der Waals surface area contributed by atoms with Gasteiger partial charge in [0.25, 0.3) is 11.6 Å². The molecule has 1 amide bonds. The summed E-state index contributed by atoms with van der Waals surface area (Å²) < 4.78 is 13.1. The number of halogens is 1. The van der Waals surface area contributed by atoms with Crippen LogP contribution in [-0.4, -0.2) is 28.6 Å². The molecule has 2 aromatic rings. The molecule has 0 aliphatic rings. The van der Waals surface area contributed by atoms with Crippen LogP contribution >= 0.6 is 0 Å². The summed E-state index contributed by atoms with van der Waals surface area (Å²) in [7, 11) is 0. The number of carbonyl (C=O) groups is 1. The molecule has 0 heterocycles. The molecule has 6 nitrogen and oxygen atoms in total. The standard InChI is InChI=1S/C16H15FN2O4/c17-12-6-7-14(15(9-12)19(22)23)16(21)18-10-13(20)8-11-4-2-1-3-5-11/h1-7,9,13,20H,8,10H2,(H,18,21). The number of aliphatic hydroxyl groups excluding tert-OH is 1. The number of nitro benzene ring substituents is 1. The van der Waals surface area contributed by atoms with Gasteiger partial charge in [-0.2, -0.15) is 0 Å². The van der Waals surface area contributed by atoms with Crippen LogP contribution in [0.2, 0.25) is 0 Å². The van der Waals surface area contributed by atoms with Crippen LogP contribution in [0.4, 0.5) is 10.1 Å². The second-order valence-corrected chi connectivity index (χ2v) is 4.97. The van der Waals surface area contributed by atoms with Crippen molar-refractivity contribution in [3.8, 4) is 0 Å². The highest BCUT2D eigenvalue weighted by molar-refractivity contribution is 5.98. The summed E-state index contributed by atoms with van der Waals surface area (Å²) >= 11 is 0. The highest BCUT2D eigenvalue weighted by Crippen LogP contribution is 2.19. The number of hydrogen-bond donors (Lipinski definition) is 2. The highest BCUT2D eigenvalue weighted by atomic mass is 19.1. The predicted octanol–water partition coefficient (Wildman–Crippen LogP) is 2.07. The van der Waals surface area contributed by atoms with Gasteiger partial charge in [0, 0.05) is 13.0 Å². The molecule has 1 atom stereocenters. The summed E-state index contributed by atoms with van der Waals surface area (Å²) in [5.41, 5.74) is 0.0466. The molecule has 0 aliphatic carbocycles. The van der Waals surface area contributed by atoms with E-state index in [0.29, 0.717) is 12.5 Å². The molecule has 120 valence electrons. The summed E-state index contributed by atoms with van der Waals surface area (Å²) in [6.45, 7) is -0.0672. The lowest BCUT2D eigenvalue weighted by Crippen LogP contribution is -2.33. The van der Waals surface area contributed by atoms with Gasteiger partial charge >= 0.3 is 0 Å². The van der Waals surface area contributed by atoms with Crippen LogP contribution < -0.4 is 5.32 Å².